The van der Waals surface area contributed by atoms with E-state index in [2.05, 4.69) is 11.8 Å². The summed E-state index contributed by atoms with van der Waals surface area (Å²) in [6.07, 6.45) is 3.54. The lowest BCUT2D eigenvalue weighted by molar-refractivity contribution is -0.143. The number of benzene rings is 1. The molecule has 3 nitrogen and oxygen atoms in total. The number of carbonyl (C=O) groups is 1. The van der Waals surface area contributed by atoms with Crippen molar-refractivity contribution in [3.8, 4) is 0 Å². The maximum absolute atomic E-state index is 12.9. The zero-order chi connectivity index (χ0) is 14.5. The predicted molar refractivity (Wildman–Crippen MR) is 76.1 cm³/mol. The number of hydrogen-bond acceptors (Lipinski definition) is 2. The van der Waals surface area contributed by atoms with E-state index < -0.39 is 5.97 Å². The summed E-state index contributed by atoms with van der Waals surface area (Å²) < 4.78 is 12.9. The first kappa shape index (κ1) is 15.0. The Hall–Kier alpha value is -1.42. The molecule has 1 N–H and O–H groups in total. The van der Waals surface area contributed by atoms with Gasteiger partial charge in [-0.15, -0.1) is 0 Å². The van der Waals surface area contributed by atoms with E-state index in [1.54, 1.807) is 0 Å². The largest absolute Gasteiger partial charge is 0.481 e. The molecule has 0 saturated carbocycles. The molecule has 1 aliphatic rings. The fourth-order valence-electron chi connectivity index (χ4n) is 2.96. The molecule has 2 atom stereocenters. The molecule has 1 saturated heterocycles. The average Bonchev–Trinajstić information content (AvgIpc) is 2.46. The first-order valence-electron chi connectivity index (χ1n) is 7.31. The van der Waals surface area contributed by atoms with Crippen LogP contribution in [0, 0.1) is 11.7 Å². The van der Waals surface area contributed by atoms with Crippen LogP contribution in [0.1, 0.15) is 31.7 Å². The van der Waals surface area contributed by atoms with Gasteiger partial charge in [-0.05, 0) is 49.9 Å². The van der Waals surface area contributed by atoms with Crippen molar-refractivity contribution in [2.24, 2.45) is 5.92 Å². The van der Waals surface area contributed by atoms with Crippen LogP contribution in [0.4, 0.5) is 4.39 Å². The van der Waals surface area contributed by atoms with Gasteiger partial charge in [-0.3, -0.25) is 9.69 Å². The van der Waals surface area contributed by atoms with E-state index >= 15 is 0 Å². The van der Waals surface area contributed by atoms with Crippen LogP contribution in [-0.4, -0.2) is 35.1 Å². The van der Waals surface area contributed by atoms with E-state index in [0.29, 0.717) is 12.6 Å². The Kier molecular flexibility index (Phi) is 5.12. The van der Waals surface area contributed by atoms with Crippen molar-refractivity contribution in [2.45, 2.75) is 38.6 Å². The molecular weight excluding hydrogens is 257 g/mol. The minimum Gasteiger partial charge on any atom is -0.481 e. The van der Waals surface area contributed by atoms with Crippen molar-refractivity contribution < 1.29 is 14.3 Å². The molecule has 1 aliphatic heterocycles. The maximum atomic E-state index is 12.9. The van der Waals surface area contributed by atoms with Gasteiger partial charge < -0.3 is 5.11 Å². The standard InChI is InChI=1S/C16H22FNO2/c1-2-15(10-12-5-7-14(17)8-6-12)18-9-3-4-13(11-18)16(19)20/h5-8,13,15H,2-4,9-11H2,1H3,(H,19,20). The number of carboxylic acids is 1. The van der Waals surface area contributed by atoms with Gasteiger partial charge in [0.1, 0.15) is 5.82 Å². The van der Waals surface area contributed by atoms with Crippen molar-refractivity contribution in [1.82, 2.24) is 4.90 Å². The summed E-state index contributed by atoms with van der Waals surface area (Å²) in [5, 5.41) is 9.16. The number of hydrogen-bond donors (Lipinski definition) is 1. The second kappa shape index (κ2) is 6.84. The minimum absolute atomic E-state index is 0.217. The van der Waals surface area contributed by atoms with Gasteiger partial charge in [0.15, 0.2) is 0 Å². The molecule has 2 unspecified atom stereocenters. The number of likely N-dealkylation sites (tertiary alicyclic amines) is 1. The van der Waals surface area contributed by atoms with Crippen LogP contribution in [0.2, 0.25) is 0 Å². The molecule has 0 amide bonds. The zero-order valence-corrected chi connectivity index (χ0v) is 11.9. The normalized spacial score (nSPS) is 21.6. The topological polar surface area (TPSA) is 40.5 Å². The predicted octanol–water partition coefficient (Wildman–Crippen LogP) is 2.94. The zero-order valence-electron chi connectivity index (χ0n) is 11.9. The minimum atomic E-state index is -0.689. The first-order valence-corrected chi connectivity index (χ1v) is 7.31. The number of rotatable bonds is 5. The van der Waals surface area contributed by atoms with E-state index in [9.17, 15) is 9.18 Å². The molecule has 110 valence electrons. The van der Waals surface area contributed by atoms with Crippen molar-refractivity contribution in [2.75, 3.05) is 13.1 Å². The van der Waals surface area contributed by atoms with Crippen LogP contribution in [-0.2, 0) is 11.2 Å². The van der Waals surface area contributed by atoms with Gasteiger partial charge in [0.25, 0.3) is 0 Å². The summed E-state index contributed by atoms with van der Waals surface area (Å²) >= 11 is 0. The first-order chi connectivity index (χ1) is 9.60. The van der Waals surface area contributed by atoms with Crippen molar-refractivity contribution >= 4 is 5.97 Å². The number of piperidine rings is 1. The monoisotopic (exact) mass is 279 g/mol. The van der Waals surface area contributed by atoms with Crippen molar-refractivity contribution in [3.05, 3.63) is 35.6 Å². The van der Waals surface area contributed by atoms with E-state index in [0.717, 1.165) is 37.8 Å². The lowest BCUT2D eigenvalue weighted by Crippen LogP contribution is -2.45. The van der Waals surface area contributed by atoms with Crippen LogP contribution < -0.4 is 0 Å². The van der Waals surface area contributed by atoms with Crippen molar-refractivity contribution in [1.29, 1.82) is 0 Å². The quantitative estimate of drug-likeness (QED) is 0.901. The SMILES string of the molecule is CCC(Cc1ccc(F)cc1)N1CCCC(C(=O)O)C1. The summed E-state index contributed by atoms with van der Waals surface area (Å²) in [4.78, 5) is 13.4. The fourth-order valence-corrected chi connectivity index (χ4v) is 2.96. The summed E-state index contributed by atoms with van der Waals surface area (Å²) in [6, 6.07) is 6.94. The Morgan fingerprint density at radius 3 is 2.75 bits per heavy atom. The average molecular weight is 279 g/mol. The van der Waals surface area contributed by atoms with Crippen LogP contribution in [0.5, 0.6) is 0 Å². The molecule has 0 aliphatic carbocycles. The molecule has 1 fully saturated rings. The highest BCUT2D eigenvalue weighted by Crippen LogP contribution is 2.22. The molecule has 0 radical (unpaired) electrons. The molecular formula is C16H22FNO2. The van der Waals surface area contributed by atoms with Gasteiger partial charge in [0.05, 0.1) is 5.92 Å². The number of nitrogens with zero attached hydrogens (tertiary/aromatic N) is 1. The molecule has 1 aromatic rings. The second-order valence-corrected chi connectivity index (χ2v) is 5.56. The summed E-state index contributed by atoms with van der Waals surface area (Å²) in [5.41, 5.74) is 1.11. The molecule has 0 spiro atoms. The van der Waals surface area contributed by atoms with E-state index in [1.807, 2.05) is 12.1 Å². The third-order valence-electron chi connectivity index (χ3n) is 4.17. The highest BCUT2D eigenvalue weighted by molar-refractivity contribution is 5.70. The van der Waals surface area contributed by atoms with E-state index in [1.165, 1.54) is 12.1 Å². The summed E-state index contributed by atoms with van der Waals surface area (Å²) in [5.74, 6) is -1.15. The number of aliphatic carboxylic acids is 1. The molecule has 0 aromatic heterocycles. The highest BCUT2D eigenvalue weighted by atomic mass is 19.1. The molecule has 1 aromatic carbocycles. The Morgan fingerprint density at radius 2 is 2.15 bits per heavy atom. The molecule has 2 rings (SSSR count). The highest BCUT2D eigenvalue weighted by Gasteiger charge is 2.28. The maximum Gasteiger partial charge on any atom is 0.307 e. The fraction of sp³-hybridized carbons (Fsp3) is 0.562. The lowest BCUT2D eigenvalue weighted by atomic mass is 9.94. The van der Waals surface area contributed by atoms with Gasteiger partial charge in [-0.25, -0.2) is 4.39 Å². The lowest BCUT2D eigenvalue weighted by Gasteiger charge is -2.36. The van der Waals surface area contributed by atoms with Crippen molar-refractivity contribution in [3.63, 3.8) is 0 Å². The van der Waals surface area contributed by atoms with Crippen LogP contribution in [0.3, 0.4) is 0 Å². The van der Waals surface area contributed by atoms with E-state index in [4.69, 9.17) is 5.11 Å². The number of halogens is 1. The third-order valence-corrected chi connectivity index (χ3v) is 4.17. The van der Waals surface area contributed by atoms with Crippen LogP contribution in [0.25, 0.3) is 0 Å². The van der Waals surface area contributed by atoms with E-state index in [-0.39, 0.29) is 11.7 Å². The smallest absolute Gasteiger partial charge is 0.307 e. The Bertz CT molecular complexity index is 446. The molecule has 20 heavy (non-hydrogen) atoms. The molecule has 0 bridgehead atoms. The van der Waals surface area contributed by atoms with Crippen LogP contribution >= 0.6 is 0 Å². The van der Waals surface area contributed by atoms with Gasteiger partial charge in [0, 0.05) is 12.6 Å². The Balaban J connectivity index is 2.00. The van der Waals surface area contributed by atoms with Crippen LogP contribution in [0.15, 0.2) is 24.3 Å². The number of carboxylic acid groups (broad SMARTS) is 1. The Morgan fingerprint density at radius 1 is 1.45 bits per heavy atom. The second-order valence-electron chi connectivity index (χ2n) is 5.56. The molecule has 4 heteroatoms. The Labute approximate surface area is 119 Å². The summed E-state index contributed by atoms with van der Waals surface area (Å²) in [7, 11) is 0. The van der Waals surface area contributed by atoms with Gasteiger partial charge in [-0.1, -0.05) is 19.1 Å². The summed E-state index contributed by atoms with van der Waals surface area (Å²) in [6.45, 7) is 3.72. The third kappa shape index (κ3) is 3.79. The van der Waals surface area contributed by atoms with Gasteiger partial charge in [-0.2, -0.15) is 0 Å². The molecule has 1 heterocycles. The van der Waals surface area contributed by atoms with Gasteiger partial charge in [0.2, 0.25) is 0 Å². The van der Waals surface area contributed by atoms with Gasteiger partial charge >= 0.3 is 5.97 Å².